The van der Waals surface area contributed by atoms with Gasteiger partial charge in [-0.15, -0.1) is 0 Å². The highest BCUT2D eigenvalue weighted by atomic mass is 79.9. The normalized spacial score (nSPS) is 10.3. The fraction of sp³-hybridized carbons (Fsp3) is 0.250. The Bertz CT molecular complexity index is 1580. The summed E-state index contributed by atoms with van der Waals surface area (Å²) in [5.74, 6) is 0.268. The maximum atomic E-state index is 13.1. The zero-order valence-electron chi connectivity index (χ0n) is 24.4. The van der Waals surface area contributed by atoms with Gasteiger partial charge in [-0.2, -0.15) is 0 Å². The standard InChI is InChI=1S/C32H33BrN4O6.ClH/c1-3-15-36-21-24(19-25(33)22-36)30(38)34-14-17-43-32(40)37(26-10-7-11-27(20-26)41-2)16-18-42-31(39)35-29-13-6-9-23-8-4-5-12-28(23)29;/h4-13,19-22H,3,14-18H2,1-2H3,(H-,34,35,38,39);1H. The van der Waals surface area contributed by atoms with E-state index in [1.807, 2.05) is 47.2 Å². The highest BCUT2D eigenvalue weighted by Crippen LogP contribution is 2.24. The second-order valence-corrected chi connectivity index (χ2v) is 10.4. The van der Waals surface area contributed by atoms with Crippen LogP contribution in [0.1, 0.15) is 23.7 Å². The predicted molar refractivity (Wildman–Crippen MR) is 168 cm³/mol. The van der Waals surface area contributed by atoms with Gasteiger partial charge in [-0.25, -0.2) is 14.2 Å². The Morgan fingerprint density at radius 3 is 2.50 bits per heavy atom. The monoisotopic (exact) mass is 684 g/mol. The molecule has 1 aromatic heterocycles. The molecule has 0 atom stereocenters. The van der Waals surface area contributed by atoms with Gasteiger partial charge >= 0.3 is 12.2 Å². The van der Waals surface area contributed by atoms with Gasteiger partial charge in [-0.1, -0.05) is 49.4 Å². The molecule has 4 rings (SSSR count). The van der Waals surface area contributed by atoms with E-state index in [-0.39, 0.29) is 44.6 Å². The molecule has 0 aliphatic carbocycles. The number of benzene rings is 3. The zero-order chi connectivity index (χ0) is 30.6. The summed E-state index contributed by atoms with van der Waals surface area (Å²) in [5, 5.41) is 7.41. The van der Waals surface area contributed by atoms with Crippen molar-refractivity contribution < 1.29 is 45.6 Å². The average Bonchev–Trinajstić information content (AvgIpc) is 3.01. The second-order valence-electron chi connectivity index (χ2n) is 9.49. The van der Waals surface area contributed by atoms with Crippen LogP contribution in [0, 0.1) is 0 Å². The summed E-state index contributed by atoms with van der Waals surface area (Å²) >= 11 is 3.44. The zero-order valence-corrected chi connectivity index (χ0v) is 26.8. The van der Waals surface area contributed by atoms with Crippen molar-refractivity contribution in [2.24, 2.45) is 0 Å². The van der Waals surface area contributed by atoms with E-state index in [2.05, 4.69) is 33.5 Å². The van der Waals surface area contributed by atoms with Crippen LogP contribution in [0.2, 0.25) is 0 Å². The van der Waals surface area contributed by atoms with Crippen molar-refractivity contribution >= 4 is 56.2 Å². The van der Waals surface area contributed by atoms with Gasteiger partial charge in [0.1, 0.15) is 31.1 Å². The first-order chi connectivity index (χ1) is 20.9. The number of fused-ring (bicyclic) bond motifs is 1. The largest absolute Gasteiger partial charge is 1.00 e. The molecule has 0 fully saturated rings. The van der Waals surface area contributed by atoms with Crippen LogP contribution in [0.15, 0.2) is 89.7 Å². The number of halogens is 2. The highest BCUT2D eigenvalue weighted by Gasteiger charge is 2.20. The van der Waals surface area contributed by atoms with Crippen molar-refractivity contribution in [1.82, 2.24) is 5.32 Å². The number of nitrogens with zero attached hydrogens (tertiary/aromatic N) is 2. The van der Waals surface area contributed by atoms with Gasteiger partial charge in [-0.05, 0) is 45.6 Å². The Morgan fingerprint density at radius 2 is 1.70 bits per heavy atom. The molecule has 0 saturated heterocycles. The molecule has 0 spiro atoms. The third-order valence-corrected chi connectivity index (χ3v) is 6.84. The van der Waals surface area contributed by atoms with E-state index >= 15 is 0 Å². The molecule has 2 N–H and O–H groups in total. The van der Waals surface area contributed by atoms with Gasteiger partial charge in [0.25, 0.3) is 5.91 Å². The number of amides is 3. The van der Waals surface area contributed by atoms with Crippen LogP contribution in [0.3, 0.4) is 0 Å². The molecule has 1 heterocycles. The lowest BCUT2D eigenvalue weighted by molar-refractivity contribution is -0.697. The Morgan fingerprint density at radius 1 is 0.932 bits per heavy atom. The van der Waals surface area contributed by atoms with Crippen molar-refractivity contribution in [3.63, 3.8) is 0 Å². The molecule has 0 saturated carbocycles. The smallest absolute Gasteiger partial charge is 0.414 e. The average molecular weight is 686 g/mol. The molecule has 3 aromatic carbocycles. The van der Waals surface area contributed by atoms with Gasteiger partial charge in [0.05, 0.1) is 36.0 Å². The van der Waals surface area contributed by atoms with Gasteiger partial charge in [0.2, 0.25) is 0 Å². The molecule has 0 unspecified atom stereocenters. The number of carbonyl (C=O) groups excluding carboxylic acids is 3. The van der Waals surface area contributed by atoms with Crippen molar-refractivity contribution in [1.29, 1.82) is 0 Å². The minimum atomic E-state index is -0.663. The molecule has 44 heavy (non-hydrogen) atoms. The Labute approximate surface area is 270 Å². The van der Waals surface area contributed by atoms with E-state index in [4.69, 9.17) is 14.2 Å². The lowest BCUT2D eigenvalue weighted by Gasteiger charge is -2.22. The Kier molecular flexibility index (Phi) is 13.2. The van der Waals surface area contributed by atoms with E-state index in [0.29, 0.717) is 22.7 Å². The topological polar surface area (TPSA) is 110 Å². The first kappa shape index (κ1) is 34.1. The summed E-state index contributed by atoms with van der Waals surface area (Å²) in [6.45, 7) is 2.82. The van der Waals surface area contributed by atoms with E-state index in [9.17, 15) is 14.4 Å². The summed E-state index contributed by atoms with van der Waals surface area (Å²) in [4.78, 5) is 39.7. The van der Waals surface area contributed by atoms with Crippen LogP contribution in [-0.2, 0) is 16.0 Å². The number of nitrogens with one attached hydrogen (secondary N) is 2. The molecule has 12 heteroatoms. The third kappa shape index (κ3) is 9.58. The van der Waals surface area contributed by atoms with Crippen LogP contribution < -0.4 is 37.2 Å². The molecular formula is C32H34BrClN4O6. The minimum Gasteiger partial charge on any atom is -1.00 e. The molecule has 0 radical (unpaired) electrons. The van der Waals surface area contributed by atoms with Crippen LogP contribution in [-0.4, -0.2) is 51.5 Å². The van der Waals surface area contributed by atoms with Crippen LogP contribution in [0.25, 0.3) is 10.8 Å². The lowest BCUT2D eigenvalue weighted by atomic mass is 10.1. The number of pyridine rings is 1. The summed E-state index contributed by atoms with van der Waals surface area (Å²) < 4.78 is 18.9. The van der Waals surface area contributed by atoms with Crippen molar-refractivity contribution in [2.45, 2.75) is 19.9 Å². The SMILES string of the molecule is CCC[n+]1cc(Br)cc(C(=O)NCCOC(=O)N(CCOC(=O)Nc2cccc3ccccc23)c2cccc(OC)c2)c1.[Cl-]. The fourth-order valence-corrected chi connectivity index (χ4v) is 4.92. The number of rotatable bonds is 12. The molecule has 0 aliphatic heterocycles. The number of aryl methyl sites for hydroxylation is 1. The van der Waals surface area contributed by atoms with E-state index in [1.54, 1.807) is 42.6 Å². The summed E-state index contributed by atoms with van der Waals surface area (Å²) in [7, 11) is 1.53. The minimum absolute atomic E-state index is 0. The lowest BCUT2D eigenvalue weighted by Crippen LogP contribution is -3.00. The van der Waals surface area contributed by atoms with Crippen molar-refractivity contribution in [2.75, 3.05) is 43.6 Å². The van der Waals surface area contributed by atoms with E-state index in [1.165, 1.54) is 12.0 Å². The van der Waals surface area contributed by atoms with Gasteiger partial charge < -0.3 is 31.9 Å². The molecule has 232 valence electrons. The number of hydrogen-bond donors (Lipinski definition) is 2. The molecule has 0 bridgehead atoms. The Balaban J connectivity index is 0.00000529. The van der Waals surface area contributed by atoms with E-state index in [0.717, 1.165) is 28.2 Å². The maximum absolute atomic E-state index is 13.1. The predicted octanol–water partition coefficient (Wildman–Crippen LogP) is 2.93. The second kappa shape index (κ2) is 17.1. The third-order valence-electron chi connectivity index (χ3n) is 6.40. The number of aromatic nitrogens is 1. The first-order valence-corrected chi connectivity index (χ1v) is 14.6. The van der Waals surface area contributed by atoms with Crippen LogP contribution in [0.5, 0.6) is 5.75 Å². The fourth-order valence-electron chi connectivity index (χ4n) is 4.41. The summed E-state index contributed by atoms with van der Waals surface area (Å²) in [6, 6.07) is 21.9. The van der Waals surface area contributed by atoms with Gasteiger partial charge in [-0.3, -0.25) is 15.0 Å². The van der Waals surface area contributed by atoms with Gasteiger partial charge in [0.15, 0.2) is 12.4 Å². The first-order valence-electron chi connectivity index (χ1n) is 13.9. The molecule has 4 aromatic rings. The number of anilines is 2. The number of methoxy groups -OCH3 is 1. The van der Waals surface area contributed by atoms with Crippen molar-refractivity contribution in [3.05, 3.63) is 95.2 Å². The van der Waals surface area contributed by atoms with E-state index < -0.39 is 12.2 Å². The quantitative estimate of drug-likeness (QED) is 0.175. The van der Waals surface area contributed by atoms with Gasteiger partial charge in [0, 0.05) is 17.9 Å². The van der Waals surface area contributed by atoms with Crippen LogP contribution in [0.4, 0.5) is 21.0 Å². The summed E-state index contributed by atoms with van der Waals surface area (Å²) in [6.07, 6.45) is 3.31. The number of carbonyl (C=O) groups is 3. The maximum Gasteiger partial charge on any atom is 0.414 e. The molecular weight excluding hydrogens is 652 g/mol. The molecule has 3 amide bonds. The number of hydrogen-bond acceptors (Lipinski definition) is 6. The molecule has 0 aliphatic rings. The highest BCUT2D eigenvalue weighted by molar-refractivity contribution is 9.10. The molecule has 10 nitrogen and oxygen atoms in total. The Hall–Kier alpha value is -4.35. The summed E-state index contributed by atoms with van der Waals surface area (Å²) in [5.41, 5.74) is 1.62. The number of ether oxygens (including phenoxy) is 3. The van der Waals surface area contributed by atoms with Crippen molar-refractivity contribution in [3.8, 4) is 5.75 Å². The van der Waals surface area contributed by atoms with Crippen LogP contribution >= 0.6 is 15.9 Å².